The van der Waals surface area contributed by atoms with E-state index in [1.807, 2.05) is 20.8 Å². The number of alkyl halides is 3. The minimum Gasteiger partial charge on any atom is -0.508 e. The normalized spacial score (nSPS) is 35.9. The molecule has 6 atom stereocenters. The molecule has 0 saturated heterocycles. The highest BCUT2D eigenvalue weighted by Gasteiger charge is 2.45. The third-order valence-electron chi connectivity index (χ3n) is 7.99. The summed E-state index contributed by atoms with van der Waals surface area (Å²) in [6.07, 6.45) is 6.16. The summed E-state index contributed by atoms with van der Waals surface area (Å²) in [7, 11) is 0. The zero-order chi connectivity index (χ0) is 25.5. The van der Waals surface area contributed by atoms with Gasteiger partial charge in [-0.3, -0.25) is 0 Å². The number of allylic oxidation sites excluding steroid dienone is 2. The number of esters is 1. The predicted octanol–water partition coefficient (Wildman–Crippen LogP) is 7.46. The Morgan fingerprint density at radius 3 is 2.44 bits per heavy atom. The zero-order valence-electron chi connectivity index (χ0n) is 20.7. The van der Waals surface area contributed by atoms with Crippen LogP contribution in [0.1, 0.15) is 82.6 Å². The molecule has 190 valence electrons. The Hall–Kier alpha value is -0.370. The van der Waals surface area contributed by atoms with Crippen molar-refractivity contribution in [3.63, 3.8) is 0 Å². The smallest absolute Gasteiger partial charge is 0.338 e. The Labute approximate surface area is 229 Å². The lowest BCUT2D eigenvalue weighted by Gasteiger charge is -2.46. The van der Waals surface area contributed by atoms with Crippen LogP contribution in [0.4, 0.5) is 0 Å². The molecule has 2 aliphatic rings. The van der Waals surface area contributed by atoms with E-state index in [-0.39, 0.29) is 26.7 Å². The number of phenolic OH excluding ortho intramolecular Hbond substituents is 1. The highest BCUT2D eigenvalue weighted by Crippen LogP contribution is 2.51. The van der Waals surface area contributed by atoms with Crippen LogP contribution in [-0.2, 0) is 11.2 Å². The molecule has 2 N–H and O–H groups in total. The Morgan fingerprint density at radius 2 is 1.79 bits per heavy atom. The Morgan fingerprint density at radius 1 is 1.12 bits per heavy atom. The lowest BCUT2D eigenvalue weighted by atomic mass is 9.62. The van der Waals surface area contributed by atoms with Gasteiger partial charge in [-0.15, -0.1) is 0 Å². The number of benzene rings is 1. The minimum atomic E-state index is -0.952. The molecule has 3 rings (SSSR count). The van der Waals surface area contributed by atoms with Gasteiger partial charge in [-0.1, -0.05) is 66.4 Å². The molecule has 1 aromatic carbocycles. The number of hydrogen-bond acceptors (Lipinski definition) is 4. The van der Waals surface area contributed by atoms with Crippen molar-refractivity contribution in [1.29, 1.82) is 0 Å². The minimum absolute atomic E-state index is 0.0789. The monoisotopic (exact) mass is 662 g/mol. The summed E-state index contributed by atoms with van der Waals surface area (Å²) in [6, 6.07) is 5.01. The van der Waals surface area contributed by atoms with Gasteiger partial charge in [0.1, 0.15) is 11.9 Å². The van der Waals surface area contributed by atoms with Crippen molar-refractivity contribution in [2.75, 3.05) is 0 Å². The van der Waals surface area contributed by atoms with Crippen molar-refractivity contribution >= 4 is 53.8 Å². The van der Waals surface area contributed by atoms with Crippen molar-refractivity contribution in [1.82, 2.24) is 0 Å². The van der Waals surface area contributed by atoms with Crippen LogP contribution in [-0.4, -0.2) is 41.9 Å². The Balaban J connectivity index is 2.07. The summed E-state index contributed by atoms with van der Waals surface area (Å²) in [5.74, 6) is -0.0288. The molecule has 2 bridgehead atoms. The maximum absolute atomic E-state index is 13.2. The highest BCUT2D eigenvalue weighted by atomic mass is 79.9. The quantitative estimate of drug-likeness (QED) is 0.186. The van der Waals surface area contributed by atoms with Crippen LogP contribution in [0.2, 0.25) is 0 Å². The number of cyclic esters (lactones) is 1. The van der Waals surface area contributed by atoms with E-state index >= 15 is 0 Å². The summed E-state index contributed by atoms with van der Waals surface area (Å²) in [5, 5.41) is 22.0. The average Bonchev–Trinajstić information content (AvgIpc) is 2.75. The number of ether oxygens (including phenoxy) is 1. The molecule has 1 aliphatic carbocycles. The summed E-state index contributed by atoms with van der Waals surface area (Å²) in [4.78, 5) is 13.3. The number of aliphatic hydroxyl groups is 1. The van der Waals surface area contributed by atoms with Crippen LogP contribution < -0.4 is 0 Å². The van der Waals surface area contributed by atoms with Gasteiger partial charge in [0.15, 0.2) is 0 Å². The summed E-state index contributed by atoms with van der Waals surface area (Å²) in [5.41, 5.74) is 1.46. The first-order valence-corrected chi connectivity index (χ1v) is 14.7. The van der Waals surface area contributed by atoms with Gasteiger partial charge < -0.3 is 14.9 Å². The van der Waals surface area contributed by atoms with E-state index in [2.05, 4.69) is 67.7 Å². The Kier molecular flexibility index (Phi) is 8.75. The number of halogens is 3. The molecule has 0 radical (unpaired) electrons. The SMILES string of the molecule is CC1=CCC(Br)C2(C)CCC(Br)C(C)(O)CCC(C(C)(C)Br)OC(=O)c3ccc(O)c(c3)CC12. The second-order valence-electron chi connectivity index (χ2n) is 11.1. The maximum atomic E-state index is 13.2. The van der Waals surface area contributed by atoms with Gasteiger partial charge in [0, 0.05) is 9.65 Å². The van der Waals surface area contributed by atoms with Crippen molar-refractivity contribution in [2.24, 2.45) is 11.3 Å². The molecule has 0 amide bonds. The largest absolute Gasteiger partial charge is 0.508 e. The lowest BCUT2D eigenvalue weighted by Crippen LogP contribution is -2.43. The number of fused-ring (bicyclic) bond motifs is 3. The van der Waals surface area contributed by atoms with E-state index in [1.165, 1.54) is 5.57 Å². The zero-order valence-corrected chi connectivity index (χ0v) is 25.5. The predicted molar refractivity (Wildman–Crippen MR) is 149 cm³/mol. The molecule has 1 heterocycles. The molecule has 1 aliphatic heterocycles. The van der Waals surface area contributed by atoms with Gasteiger partial charge >= 0.3 is 5.97 Å². The maximum Gasteiger partial charge on any atom is 0.338 e. The summed E-state index contributed by atoms with van der Waals surface area (Å²) >= 11 is 11.4. The molecule has 4 nitrogen and oxygen atoms in total. The van der Waals surface area contributed by atoms with Gasteiger partial charge in [-0.25, -0.2) is 4.79 Å². The van der Waals surface area contributed by atoms with E-state index in [4.69, 9.17) is 4.74 Å². The molecule has 0 fully saturated rings. The summed E-state index contributed by atoms with van der Waals surface area (Å²) in [6.45, 7) is 10.3. The number of rotatable bonds is 1. The topological polar surface area (TPSA) is 66.8 Å². The van der Waals surface area contributed by atoms with E-state index in [1.54, 1.807) is 18.2 Å². The first-order chi connectivity index (χ1) is 15.6. The van der Waals surface area contributed by atoms with Gasteiger partial charge in [0.05, 0.1) is 15.5 Å². The molecule has 6 unspecified atom stereocenters. The highest BCUT2D eigenvalue weighted by molar-refractivity contribution is 9.10. The first kappa shape index (κ1) is 28.2. The second-order valence-corrected chi connectivity index (χ2v) is 15.4. The molecular formula is C27H37Br3O4. The van der Waals surface area contributed by atoms with Crippen molar-refractivity contribution < 1.29 is 19.7 Å². The average molecular weight is 665 g/mol. The fraction of sp³-hybridized carbons (Fsp3) is 0.667. The number of carbonyl (C=O) groups excluding carboxylic acids is 1. The molecule has 1 aromatic rings. The van der Waals surface area contributed by atoms with Crippen molar-refractivity contribution in [3.05, 3.63) is 41.0 Å². The molecular weight excluding hydrogens is 628 g/mol. The number of phenols is 1. The van der Waals surface area contributed by atoms with Crippen molar-refractivity contribution in [3.8, 4) is 5.75 Å². The van der Waals surface area contributed by atoms with Crippen LogP contribution in [0.15, 0.2) is 29.8 Å². The van der Waals surface area contributed by atoms with Crippen LogP contribution >= 0.6 is 47.8 Å². The molecule has 0 saturated carbocycles. The van der Waals surface area contributed by atoms with Gasteiger partial charge in [0.25, 0.3) is 0 Å². The molecule has 0 spiro atoms. The summed E-state index contributed by atoms with van der Waals surface area (Å²) < 4.78 is 5.49. The van der Waals surface area contributed by atoms with E-state index < -0.39 is 22.0 Å². The molecule has 7 heteroatoms. The van der Waals surface area contributed by atoms with Crippen LogP contribution in [0.25, 0.3) is 0 Å². The first-order valence-electron chi connectivity index (χ1n) is 12.0. The van der Waals surface area contributed by atoms with Gasteiger partial charge in [-0.2, -0.15) is 0 Å². The van der Waals surface area contributed by atoms with Gasteiger partial charge in [-0.05, 0) is 101 Å². The standard InChI is InChI=1S/C27H37Br3O4/c1-16-6-9-21(28)26(4)12-10-22(29)27(5,33)13-11-23(25(2,3)30)34-24(32)17-7-8-20(31)18(14-17)15-19(16)26/h6-8,14,19,21-23,31,33H,9-13,15H2,1-5H3. The fourth-order valence-electron chi connectivity index (χ4n) is 5.33. The molecule has 0 aromatic heterocycles. The number of carbonyl (C=O) groups is 1. The van der Waals surface area contributed by atoms with E-state index in [0.717, 1.165) is 24.8 Å². The van der Waals surface area contributed by atoms with E-state index in [9.17, 15) is 15.0 Å². The lowest BCUT2D eigenvalue weighted by molar-refractivity contribution is 0.0000609. The van der Waals surface area contributed by atoms with Crippen LogP contribution in [0, 0.1) is 11.3 Å². The fourth-order valence-corrected chi connectivity index (χ4v) is 6.84. The molecule has 34 heavy (non-hydrogen) atoms. The van der Waals surface area contributed by atoms with Crippen molar-refractivity contribution in [2.45, 2.75) is 98.8 Å². The third-order valence-corrected chi connectivity index (χ3v) is 11.4. The van der Waals surface area contributed by atoms with E-state index in [0.29, 0.717) is 24.8 Å². The van der Waals surface area contributed by atoms with Crippen LogP contribution in [0.5, 0.6) is 5.75 Å². The van der Waals surface area contributed by atoms with Crippen LogP contribution in [0.3, 0.4) is 0 Å². The Bertz CT molecular complexity index is 936. The number of hydrogen-bond donors (Lipinski definition) is 2. The second kappa shape index (κ2) is 10.5. The number of aromatic hydroxyl groups is 1. The third kappa shape index (κ3) is 6.12. The van der Waals surface area contributed by atoms with Gasteiger partial charge in [0.2, 0.25) is 0 Å².